The molecular weight excluding hydrogens is 534 g/mol. The van der Waals surface area contributed by atoms with E-state index in [4.69, 9.17) is 16.3 Å². The number of halogens is 1. The Morgan fingerprint density at radius 2 is 1.81 bits per heavy atom. The zero-order valence-corrected chi connectivity index (χ0v) is 23.6. The van der Waals surface area contributed by atoms with Crippen LogP contribution < -0.4 is 10.6 Å². The van der Waals surface area contributed by atoms with Gasteiger partial charge >= 0.3 is 5.97 Å². The Balaban J connectivity index is 1.46. The van der Waals surface area contributed by atoms with Crippen molar-refractivity contribution in [3.8, 4) is 10.4 Å². The average molecular weight is 568 g/mol. The van der Waals surface area contributed by atoms with Crippen molar-refractivity contribution in [3.63, 3.8) is 0 Å². The number of anilines is 1. The molecule has 1 heterocycles. The molecule has 1 aromatic carbocycles. The van der Waals surface area contributed by atoms with E-state index in [1.54, 1.807) is 19.1 Å². The number of nitrogens with zero attached hydrogens (tertiary/aromatic N) is 1. The Kier molecular flexibility index (Phi) is 9.26. The monoisotopic (exact) mass is 567 g/mol. The lowest BCUT2D eigenvalue weighted by atomic mass is 9.94. The summed E-state index contributed by atoms with van der Waals surface area (Å²) in [6.07, 6.45) is 10.3. The van der Waals surface area contributed by atoms with Crippen LogP contribution in [0.3, 0.4) is 0 Å². The topological polar surface area (TPSA) is 114 Å². The van der Waals surface area contributed by atoms with Gasteiger partial charge in [0.15, 0.2) is 15.0 Å². The first-order chi connectivity index (χ1) is 17.6. The minimum atomic E-state index is -3.50. The van der Waals surface area contributed by atoms with Gasteiger partial charge in [0.2, 0.25) is 5.91 Å². The first-order valence-corrected chi connectivity index (χ1v) is 15.9. The van der Waals surface area contributed by atoms with Gasteiger partial charge in [-0.3, -0.25) is 9.59 Å². The van der Waals surface area contributed by atoms with Crippen LogP contribution in [-0.4, -0.2) is 49.7 Å². The van der Waals surface area contributed by atoms with E-state index in [-0.39, 0.29) is 40.4 Å². The molecule has 37 heavy (non-hydrogen) atoms. The molecule has 2 aliphatic carbocycles. The lowest BCUT2D eigenvalue weighted by molar-refractivity contribution is -0.152. The van der Waals surface area contributed by atoms with Crippen LogP contribution in [0.2, 0.25) is 5.02 Å². The number of aryl methyl sites for hydroxylation is 1. The van der Waals surface area contributed by atoms with Crippen molar-refractivity contribution in [2.75, 3.05) is 11.6 Å². The zero-order valence-electron chi connectivity index (χ0n) is 21.2. The van der Waals surface area contributed by atoms with Crippen molar-refractivity contribution in [2.45, 2.75) is 94.2 Å². The molecular formula is C26H34ClN3O5S2. The van der Waals surface area contributed by atoms with E-state index in [1.165, 1.54) is 23.8 Å². The van der Waals surface area contributed by atoms with Gasteiger partial charge in [-0.2, -0.15) is 0 Å². The van der Waals surface area contributed by atoms with Crippen LogP contribution in [0.25, 0.3) is 10.4 Å². The van der Waals surface area contributed by atoms with E-state index in [2.05, 4.69) is 15.6 Å². The summed E-state index contributed by atoms with van der Waals surface area (Å²) in [5, 5.41) is 6.75. The van der Waals surface area contributed by atoms with Gasteiger partial charge in [-0.25, -0.2) is 13.4 Å². The highest BCUT2D eigenvalue weighted by atomic mass is 35.5. The fourth-order valence-electron chi connectivity index (χ4n) is 5.02. The van der Waals surface area contributed by atoms with Crippen LogP contribution in [-0.2, 0) is 24.2 Å². The summed E-state index contributed by atoms with van der Waals surface area (Å²) in [5.74, 6) is -0.692. The highest BCUT2D eigenvalue weighted by Gasteiger charge is 2.30. The van der Waals surface area contributed by atoms with E-state index in [1.807, 2.05) is 0 Å². The number of hydrogen-bond donors (Lipinski definition) is 2. The van der Waals surface area contributed by atoms with Gasteiger partial charge in [0.05, 0.1) is 26.9 Å². The molecule has 2 saturated carbocycles. The molecule has 0 spiro atoms. The van der Waals surface area contributed by atoms with E-state index in [9.17, 15) is 18.0 Å². The Morgan fingerprint density at radius 3 is 2.49 bits per heavy atom. The Labute approximate surface area is 227 Å². The number of benzene rings is 1. The third-order valence-corrected chi connectivity index (χ3v) is 9.64. The van der Waals surface area contributed by atoms with Crippen LogP contribution in [0.15, 0.2) is 23.1 Å². The number of ether oxygens (including phenoxy) is 1. The van der Waals surface area contributed by atoms with Crippen molar-refractivity contribution >= 4 is 49.8 Å². The number of hydrogen-bond acceptors (Lipinski definition) is 8. The predicted molar refractivity (Wildman–Crippen MR) is 146 cm³/mol. The molecule has 1 amide bonds. The van der Waals surface area contributed by atoms with Gasteiger partial charge in [-0.15, -0.1) is 0 Å². The number of esters is 1. The fourth-order valence-corrected chi connectivity index (χ4v) is 7.30. The van der Waals surface area contributed by atoms with Crippen molar-refractivity contribution in [1.29, 1.82) is 0 Å². The lowest BCUT2D eigenvalue weighted by Gasteiger charge is -2.28. The smallest absolute Gasteiger partial charge is 0.323 e. The molecule has 0 radical (unpaired) electrons. The van der Waals surface area contributed by atoms with Crippen LogP contribution in [0.1, 0.15) is 69.9 Å². The second kappa shape index (κ2) is 12.2. The number of thiazole rings is 1. The molecule has 2 N–H and O–H groups in total. The molecule has 11 heteroatoms. The fraction of sp³-hybridized carbons (Fsp3) is 0.577. The summed E-state index contributed by atoms with van der Waals surface area (Å²) < 4.78 is 29.9. The van der Waals surface area contributed by atoms with E-state index in [0.717, 1.165) is 62.5 Å². The number of sulfone groups is 1. The predicted octanol–water partition coefficient (Wildman–Crippen LogP) is 5.28. The van der Waals surface area contributed by atoms with Gasteiger partial charge in [0.25, 0.3) is 0 Å². The van der Waals surface area contributed by atoms with Gasteiger partial charge in [0, 0.05) is 12.3 Å². The van der Waals surface area contributed by atoms with Crippen molar-refractivity contribution in [2.24, 2.45) is 0 Å². The van der Waals surface area contributed by atoms with Gasteiger partial charge < -0.3 is 15.4 Å². The van der Waals surface area contributed by atoms with Gasteiger partial charge in [-0.05, 0) is 63.1 Å². The number of rotatable bonds is 9. The SMILES string of the molecule is Cc1nc(NC(=O)C[C@H](NC2CCCCC2)C(=O)OC2CCCC2)sc1-c1ccc(Cl)c(S(C)(=O)=O)c1. The van der Waals surface area contributed by atoms with E-state index < -0.39 is 15.9 Å². The largest absolute Gasteiger partial charge is 0.461 e. The molecule has 2 aliphatic rings. The average Bonchev–Trinajstić information content (AvgIpc) is 3.48. The molecule has 0 saturated heterocycles. The number of carbonyl (C=O) groups is 2. The molecule has 4 rings (SSSR count). The molecule has 2 aromatic rings. The van der Waals surface area contributed by atoms with Crippen LogP contribution in [0.4, 0.5) is 5.13 Å². The quantitative estimate of drug-likeness (QED) is 0.396. The molecule has 0 aliphatic heterocycles. The third-order valence-electron chi connectivity index (χ3n) is 6.94. The second-order valence-corrected chi connectivity index (χ2v) is 13.4. The number of nitrogens with one attached hydrogen (secondary N) is 2. The van der Waals surface area contributed by atoms with Crippen LogP contribution in [0.5, 0.6) is 0 Å². The first kappa shape index (κ1) is 28.0. The van der Waals surface area contributed by atoms with Gasteiger partial charge in [-0.1, -0.05) is 48.3 Å². The molecule has 0 unspecified atom stereocenters. The molecule has 8 nitrogen and oxygen atoms in total. The molecule has 1 aromatic heterocycles. The maximum absolute atomic E-state index is 13.0. The van der Waals surface area contributed by atoms with Gasteiger partial charge in [0.1, 0.15) is 12.1 Å². The minimum Gasteiger partial charge on any atom is -0.461 e. The lowest BCUT2D eigenvalue weighted by Crippen LogP contribution is -2.47. The summed E-state index contributed by atoms with van der Waals surface area (Å²) in [6.45, 7) is 1.79. The molecule has 0 bridgehead atoms. The van der Waals surface area contributed by atoms with Crippen LogP contribution in [0, 0.1) is 6.92 Å². The summed E-state index contributed by atoms with van der Waals surface area (Å²) in [6, 6.07) is 4.28. The Morgan fingerprint density at radius 1 is 1.14 bits per heavy atom. The number of carbonyl (C=O) groups excluding carboxylic acids is 2. The molecule has 202 valence electrons. The Hall–Kier alpha value is -2.01. The number of aromatic nitrogens is 1. The summed E-state index contributed by atoms with van der Waals surface area (Å²) in [7, 11) is -3.50. The van der Waals surface area contributed by atoms with Crippen molar-refractivity contribution in [1.82, 2.24) is 10.3 Å². The van der Waals surface area contributed by atoms with E-state index in [0.29, 0.717) is 16.4 Å². The Bertz CT molecular complexity index is 1230. The highest BCUT2D eigenvalue weighted by molar-refractivity contribution is 7.90. The maximum atomic E-state index is 13.0. The zero-order chi connectivity index (χ0) is 26.6. The van der Waals surface area contributed by atoms with Crippen molar-refractivity contribution in [3.05, 3.63) is 28.9 Å². The first-order valence-electron chi connectivity index (χ1n) is 12.8. The normalized spacial score (nSPS) is 18.0. The molecule has 2 fully saturated rings. The highest BCUT2D eigenvalue weighted by Crippen LogP contribution is 2.36. The summed E-state index contributed by atoms with van der Waals surface area (Å²) in [5.41, 5.74) is 1.30. The maximum Gasteiger partial charge on any atom is 0.323 e. The summed E-state index contributed by atoms with van der Waals surface area (Å²) in [4.78, 5) is 31.2. The minimum absolute atomic E-state index is 0.0439. The van der Waals surface area contributed by atoms with E-state index >= 15 is 0 Å². The van der Waals surface area contributed by atoms with Crippen LogP contribution >= 0.6 is 22.9 Å². The third kappa shape index (κ3) is 7.52. The summed E-state index contributed by atoms with van der Waals surface area (Å²) >= 11 is 7.33. The number of amides is 1. The van der Waals surface area contributed by atoms with Crippen molar-refractivity contribution < 1.29 is 22.7 Å². The molecule has 1 atom stereocenters. The standard InChI is InChI=1S/C26H34ClN3O5S2/c1-16-24(17-12-13-20(27)22(14-17)37(2,33)34)36-26(28-16)30-23(31)15-21(29-18-8-4-3-5-9-18)25(32)35-19-10-6-7-11-19/h12-14,18-19,21,29H,3-11,15H2,1-2H3,(H,28,30,31)/t21-/m0/s1. The second-order valence-electron chi connectivity index (χ2n) is 10.0.